The summed E-state index contributed by atoms with van der Waals surface area (Å²) in [5, 5.41) is 0. The van der Waals surface area contributed by atoms with E-state index in [1.807, 2.05) is 15.9 Å². The van der Waals surface area contributed by atoms with Gasteiger partial charge in [-0.15, -0.1) is 0 Å². The highest BCUT2D eigenvalue weighted by Gasteiger charge is 2.30. The fraction of sp³-hybridized carbons (Fsp3) is 0.778. The van der Waals surface area contributed by atoms with Gasteiger partial charge in [0.25, 0.3) is 0 Å². The number of hydrogen-bond acceptors (Lipinski definition) is 0. The maximum atomic E-state index is 12.5. The Morgan fingerprint density at radius 1 is 1.31 bits per heavy atom. The molecule has 0 aliphatic rings. The largest absolute Gasteiger partial charge is 0.351 e. The van der Waals surface area contributed by atoms with Gasteiger partial charge in [-0.3, -0.25) is 0 Å². The Bertz CT molecular complexity index is 161. The molecule has 0 saturated carbocycles. The van der Waals surface area contributed by atoms with E-state index in [1.165, 1.54) is 0 Å². The molecule has 0 unspecified atom stereocenters. The van der Waals surface area contributed by atoms with E-state index < -0.39 is 10.7 Å². The lowest BCUT2D eigenvalue weighted by molar-refractivity contribution is 0.127. The minimum Gasteiger partial charge on any atom is -0.204 e. The third kappa shape index (κ3) is 7.11. The zero-order chi connectivity index (χ0) is 10.3. The Balaban J connectivity index is 3.60. The summed E-state index contributed by atoms with van der Waals surface area (Å²) in [5.41, 5.74) is 0. The van der Waals surface area contributed by atoms with E-state index in [4.69, 9.17) is 0 Å². The van der Waals surface area contributed by atoms with Crippen LogP contribution < -0.4 is 0 Å². The monoisotopic (exact) mass is 258 g/mol. The minimum absolute atomic E-state index is 0.382. The van der Waals surface area contributed by atoms with Crippen LogP contribution in [-0.4, -0.2) is 4.83 Å². The van der Waals surface area contributed by atoms with Crippen LogP contribution in [0, 0.1) is 0 Å². The van der Waals surface area contributed by atoms with Crippen molar-refractivity contribution in [2.45, 2.75) is 43.9 Å². The minimum atomic E-state index is -3.49. The van der Waals surface area contributed by atoms with E-state index in [2.05, 4.69) is 6.92 Å². The van der Waals surface area contributed by atoms with Crippen LogP contribution in [0.4, 0.5) is 13.2 Å². The van der Waals surface area contributed by atoms with Crippen molar-refractivity contribution in [1.29, 1.82) is 0 Å². The molecule has 0 aromatic carbocycles. The molecule has 0 aromatic rings. The molecule has 0 aliphatic carbocycles. The van der Waals surface area contributed by atoms with Crippen molar-refractivity contribution in [3.05, 3.63) is 11.9 Å². The van der Waals surface area contributed by atoms with Gasteiger partial charge in [0.2, 0.25) is 0 Å². The second-order valence-electron chi connectivity index (χ2n) is 2.90. The van der Waals surface area contributed by atoms with Gasteiger partial charge in [-0.1, -0.05) is 26.2 Å². The second kappa shape index (κ2) is 6.46. The quantitative estimate of drug-likeness (QED) is 0.475. The molecule has 0 nitrogen and oxygen atoms in total. The maximum Gasteiger partial charge on any atom is 0.351 e. The molecule has 0 heterocycles. The molecule has 0 fully saturated rings. The molecule has 0 bridgehead atoms. The van der Waals surface area contributed by atoms with Crippen molar-refractivity contribution in [2.75, 3.05) is 0 Å². The first-order chi connectivity index (χ1) is 5.98. The maximum absolute atomic E-state index is 12.5. The lowest BCUT2D eigenvalue weighted by Gasteiger charge is -2.04. The fourth-order valence-electron chi connectivity index (χ4n) is 0.916. The first-order valence-corrected chi connectivity index (χ1v) is 5.20. The molecule has 0 rings (SSSR count). The van der Waals surface area contributed by atoms with Gasteiger partial charge in [0.15, 0.2) is 5.83 Å². The Hall–Kier alpha value is 0.01000. The van der Waals surface area contributed by atoms with Crippen LogP contribution in [-0.2, 0) is 0 Å². The Morgan fingerprint density at radius 3 is 2.38 bits per heavy atom. The molecule has 0 aliphatic heterocycles. The Kier molecular flexibility index (Phi) is 6.47. The number of hydrogen-bond donors (Lipinski definition) is 0. The molecule has 13 heavy (non-hydrogen) atoms. The summed E-state index contributed by atoms with van der Waals surface area (Å²) in [6.07, 6.45) is 5.22. The normalized spacial score (nSPS) is 13.5. The van der Waals surface area contributed by atoms with Gasteiger partial charge in [-0.2, -0.15) is 8.78 Å². The standard InChI is InChI=1S/C9H14BrF3/c1-2-3-4-5-6-7-8(11)9(10,12)13/h7H,2-6H2,1H3. The van der Waals surface area contributed by atoms with E-state index in [-0.39, 0.29) is 0 Å². The summed E-state index contributed by atoms with van der Waals surface area (Å²) in [5.74, 6) is -1.39. The van der Waals surface area contributed by atoms with Gasteiger partial charge in [0.05, 0.1) is 0 Å². The molecular formula is C9H14BrF3. The summed E-state index contributed by atoms with van der Waals surface area (Å²) in [6, 6.07) is 0. The topological polar surface area (TPSA) is 0 Å². The van der Waals surface area contributed by atoms with Crippen molar-refractivity contribution < 1.29 is 13.2 Å². The van der Waals surface area contributed by atoms with Crippen molar-refractivity contribution in [3.63, 3.8) is 0 Å². The van der Waals surface area contributed by atoms with Crippen molar-refractivity contribution in [1.82, 2.24) is 0 Å². The van der Waals surface area contributed by atoms with Crippen molar-refractivity contribution in [3.8, 4) is 0 Å². The molecule has 0 aromatic heterocycles. The summed E-state index contributed by atoms with van der Waals surface area (Å²) >= 11 is 1.95. The predicted molar refractivity (Wildman–Crippen MR) is 51.8 cm³/mol. The highest BCUT2D eigenvalue weighted by Crippen LogP contribution is 2.32. The smallest absolute Gasteiger partial charge is 0.204 e. The SMILES string of the molecule is CCCCCCC=C(F)C(F)(F)Br. The molecule has 0 saturated heterocycles. The van der Waals surface area contributed by atoms with E-state index in [1.54, 1.807) is 0 Å². The molecule has 78 valence electrons. The third-order valence-corrected chi connectivity index (χ3v) is 2.03. The van der Waals surface area contributed by atoms with Gasteiger partial charge < -0.3 is 0 Å². The van der Waals surface area contributed by atoms with Gasteiger partial charge in [-0.25, -0.2) is 4.39 Å². The van der Waals surface area contributed by atoms with Gasteiger partial charge in [0, 0.05) is 0 Å². The molecule has 0 spiro atoms. The molecule has 0 radical (unpaired) electrons. The zero-order valence-electron chi connectivity index (χ0n) is 7.62. The first-order valence-electron chi connectivity index (χ1n) is 4.41. The Labute approximate surface area is 85.3 Å². The number of unbranched alkanes of at least 4 members (excludes halogenated alkanes) is 4. The average Bonchev–Trinajstić information content (AvgIpc) is 2.02. The summed E-state index contributed by atoms with van der Waals surface area (Å²) < 4.78 is 36.8. The Morgan fingerprint density at radius 2 is 1.92 bits per heavy atom. The van der Waals surface area contributed by atoms with Crippen LogP contribution in [0.1, 0.15) is 39.0 Å². The van der Waals surface area contributed by atoms with E-state index in [9.17, 15) is 13.2 Å². The van der Waals surface area contributed by atoms with Crippen LogP contribution in [0.2, 0.25) is 0 Å². The van der Waals surface area contributed by atoms with Gasteiger partial charge in [0.1, 0.15) is 0 Å². The van der Waals surface area contributed by atoms with Crippen LogP contribution in [0.5, 0.6) is 0 Å². The predicted octanol–water partition coefficient (Wildman–Crippen LogP) is 4.80. The average molecular weight is 259 g/mol. The summed E-state index contributed by atoms with van der Waals surface area (Å²) in [6.45, 7) is 2.06. The lowest BCUT2D eigenvalue weighted by Crippen LogP contribution is -2.04. The second-order valence-corrected chi connectivity index (χ2v) is 3.90. The molecule has 0 atom stereocenters. The summed E-state index contributed by atoms with van der Waals surface area (Å²) in [4.78, 5) is -3.49. The number of halogens is 4. The van der Waals surface area contributed by atoms with E-state index in [0.29, 0.717) is 6.42 Å². The number of allylic oxidation sites excluding steroid dienone is 2. The number of rotatable bonds is 6. The van der Waals surface area contributed by atoms with Crippen molar-refractivity contribution >= 4 is 15.9 Å². The molecular weight excluding hydrogens is 245 g/mol. The van der Waals surface area contributed by atoms with E-state index >= 15 is 0 Å². The van der Waals surface area contributed by atoms with Gasteiger partial charge >= 0.3 is 4.83 Å². The van der Waals surface area contributed by atoms with Crippen molar-refractivity contribution in [2.24, 2.45) is 0 Å². The number of alkyl halides is 3. The molecule has 4 heteroatoms. The summed E-state index contributed by atoms with van der Waals surface area (Å²) in [7, 11) is 0. The van der Waals surface area contributed by atoms with Crippen LogP contribution in [0.25, 0.3) is 0 Å². The zero-order valence-corrected chi connectivity index (χ0v) is 9.21. The highest BCUT2D eigenvalue weighted by molar-refractivity contribution is 9.10. The van der Waals surface area contributed by atoms with Crippen LogP contribution in [0.15, 0.2) is 11.9 Å². The van der Waals surface area contributed by atoms with Gasteiger partial charge in [-0.05, 0) is 34.8 Å². The molecule has 0 N–H and O–H groups in total. The lowest BCUT2D eigenvalue weighted by atomic mass is 10.1. The first kappa shape index (κ1) is 13.0. The highest BCUT2D eigenvalue weighted by atomic mass is 79.9. The van der Waals surface area contributed by atoms with Crippen LogP contribution in [0.3, 0.4) is 0 Å². The molecule has 0 amide bonds. The van der Waals surface area contributed by atoms with E-state index in [0.717, 1.165) is 31.8 Å². The van der Waals surface area contributed by atoms with Crippen LogP contribution >= 0.6 is 15.9 Å². The third-order valence-electron chi connectivity index (χ3n) is 1.65. The fourth-order valence-corrected chi connectivity index (χ4v) is 1.08.